The number of carbonyl (C=O) groups is 1. The molecule has 0 radical (unpaired) electrons. The van der Waals surface area contributed by atoms with Gasteiger partial charge in [0, 0.05) is 5.38 Å². The fourth-order valence-electron chi connectivity index (χ4n) is 0.618. The van der Waals surface area contributed by atoms with Crippen molar-refractivity contribution in [2.45, 2.75) is 6.42 Å². The average molecular weight is 186 g/mol. The van der Waals surface area contributed by atoms with Gasteiger partial charge in [-0.3, -0.25) is 4.79 Å². The van der Waals surface area contributed by atoms with Gasteiger partial charge in [-0.15, -0.1) is 11.3 Å². The molecule has 1 aromatic heterocycles. The van der Waals surface area contributed by atoms with Crippen LogP contribution in [0.4, 0.5) is 0 Å². The van der Waals surface area contributed by atoms with E-state index in [0.717, 1.165) is 0 Å². The molecular formula is C7H4ClNOS. The zero-order valence-corrected chi connectivity index (χ0v) is 7.08. The van der Waals surface area contributed by atoms with Crippen molar-refractivity contribution in [3.05, 3.63) is 21.3 Å². The van der Waals surface area contributed by atoms with Gasteiger partial charge in [-0.25, -0.2) is 0 Å². The van der Waals surface area contributed by atoms with Crippen molar-refractivity contribution >= 4 is 28.7 Å². The highest BCUT2D eigenvalue weighted by Gasteiger charge is 2.06. The third-order valence-corrected chi connectivity index (χ3v) is 2.40. The van der Waals surface area contributed by atoms with Gasteiger partial charge in [0.15, 0.2) is 5.78 Å². The minimum atomic E-state index is -0.163. The monoisotopic (exact) mass is 185 g/mol. The van der Waals surface area contributed by atoms with Crippen LogP contribution in [0.1, 0.15) is 16.1 Å². The molecular weight excluding hydrogens is 182 g/mol. The van der Waals surface area contributed by atoms with Gasteiger partial charge in [0.25, 0.3) is 0 Å². The highest BCUT2D eigenvalue weighted by molar-refractivity contribution is 7.12. The van der Waals surface area contributed by atoms with E-state index in [2.05, 4.69) is 0 Å². The molecule has 4 heteroatoms. The maximum Gasteiger partial charge on any atom is 0.186 e. The Balaban J connectivity index is 2.78. The SMILES string of the molecule is N#CCC(=O)c1cc(Cl)cs1. The standard InChI is InChI=1S/C7H4ClNOS/c8-5-3-7(11-4-5)6(10)1-2-9/h3-4H,1H2. The summed E-state index contributed by atoms with van der Waals surface area (Å²) in [5.41, 5.74) is 0. The maximum absolute atomic E-state index is 11.0. The number of Topliss-reactive ketones (excluding diaryl/α,β-unsaturated/α-hetero) is 1. The molecule has 0 N–H and O–H groups in total. The molecule has 0 aliphatic heterocycles. The molecule has 0 fully saturated rings. The number of rotatable bonds is 2. The summed E-state index contributed by atoms with van der Waals surface area (Å²) in [5, 5.41) is 10.4. The van der Waals surface area contributed by atoms with Crippen molar-refractivity contribution < 1.29 is 4.79 Å². The van der Waals surface area contributed by atoms with E-state index in [-0.39, 0.29) is 12.2 Å². The zero-order chi connectivity index (χ0) is 8.27. The highest BCUT2D eigenvalue weighted by atomic mass is 35.5. The predicted octanol–water partition coefficient (Wildman–Crippen LogP) is 2.50. The third kappa shape index (κ3) is 2.04. The normalized spacial score (nSPS) is 9.09. The van der Waals surface area contributed by atoms with Crippen LogP contribution in [0, 0.1) is 11.3 Å². The Morgan fingerprint density at radius 2 is 2.55 bits per heavy atom. The Morgan fingerprint density at radius 1 is 1.82 bits per heavy atom. The van der Waals surface area contributed by atoms with Crippen LogP contribution in [0.5, 0.6) is 0 Å². The third-order valence-electron chi connectivity index (χ3n) is 1.08. The smallest absolute Gasteiger partial charge is 0.186 e. The molecule has 0 bridgehead atoms. The summed E-state index contributed by atoms with van der Waals surface area (Å²) >= 11 is 6.84. The topological polar surface area (TPSA) is 40.9 Å². The number of halogens is 1. The summed E-state index contributed by atoms with van der Waals surface area (Å²) in [4.78, 5) is 11.5. The van der Waals surface area contributed by atoms with Crippen molar-refractivity contribution in [1.82, 2.24) is 0 Å². The first-order chi connectivity index (χ1) is 5.24. The quantitative estimate of drug-likeness (QED) is 0.665. The number of ketones is 1. The zero-order valence-electron chi connectivity index (χ0n) is 5.50. The molecule has 56 valence electrons. The second-order valence-corrected chi connectivity index (χ2v) is 3.23. The van der Waals surface area contributed by atoms with E-state index in [1.807, 2.05) is 0 Å². The first-order valence-corrected chi connectivity index (χ1v) is 4.14. The second-order valence-electron chi connectivity index (χ2n) is 1.89. The summed E-state index contributed by atoms with van der Waals surface area (Å²) in [5.74, 6) is -0.163. The van der Waals surface area contributed by atoms with Gasteiger partial charge >= 0.3 is 0 Å². The van der Waals surface area contributed by atoms with Gasteiger partial charge in [0.1, 0.15) is 0 Å². The lowest BCUT2D eigenvalue weighted by atomic mass is 10.2. The van der Waals surface area contributed by atoms with E-state index in [4.69, 9.17) is 16.9 Å². The van der Waals surface area contributed by atoms with Gasteiger partial charge in [0.2, 0.25) is 0 Å². The van der Waals surface area contributed by atoms with Crippen LogP contribution in [0.2, 0.25) is 5.02 Å². The van der Waals surface area contributed by atoms with E-state index >= 15 is 0 Å². The summed E-state index contributed by atoms with van der Waals surface area (Å²) in [6.45, 7) is 0. The van der Waals surface area contributed by atoms with E-state index in [1.165, 1.54) is 11.3 Å². The average Bonchev–Trinajstić information content (AvgIpc) is 2.36. The minimum absolute atomic E-state index is 0.0726. The van der Waals surface area contributed by atoms with Crippen LogP contribution in [-0.2, 0) is 0 Å². The van der Waals surface area contributed by atoms with Crippen molar-refractivity contribution in [2.75, 3.05) is 0 Å². The van der Waals surface area contributed by atoms with Crippen LogP contribution in [0.25, 0.3) is 0 Å². The summed E-state index contributed by atoms with van der Waals surface area (Å²) in [6.07, 6.45) is -0.0726. The van der Waals surface area contributed by atoms with Gasteiger partial charge < -0.3 is 0 Å². The lowest BCUT2D eigenvalue weighted by molar-refractivity contribution is 0.100. The fraction of sp³-hybridized carbons (Fsp3) is 0.143. The fourth-order valence-corrected chi connectivity index (χ4v) is 1.63. The molecule has 1 rings (SSSR count). The van der Waals surface area contributed by atoms with Crippen LogP contribution in [0.3, 0.4) is 0 Å². The van der Waals surface area contributed by atoms with Gasteiger partial charge in [-0.1, -0.05) is 11.6 Å². The number of hydrogen-bond donors (Lipinski definition) is 0. The summed E-state index contributed by atoms with van der Waals surface area (Å²) in [6, 6.07) is 3.36. The first kappa shape index (κ1) is 8.25. The Morgan fingerprint density at radius 3 is 3.00 bits per heavy atom. The first-order valence-electron chi connectivity index (χ1n) is 2.88. The van der Waals surface area contributed by atoms with Crippen molar-refractivity contribution in [2.24, 2.45) is 0 Å². The Labute approximate surface area is 73.0 Å². The number of nitrogens with zero attached hydrogens (tertiary/aromatic N) is 1. The Bertz CT molecular complexity index is 312. The molecule has 1 heterocycles. The number of carbonyl (C=O) groups excluding carboxylic acids is 1. The van der Waals surface area contributed by atoms with Crippen LogP contribution < -0.4 is 0 Å². The molecule has 0 saturated carbocycles. The molecule has 11 heavy (non-hydrogen) atoms. The molecule has 0 aliphatic rings. The number of hydrogen-bond acceptors (Lipinski definition) is 3. The maximum atomic E-state index is 11.0. The molecule has 0 saturated heterocycles. The van der Waals surface area contributed by atoms with E-state index in [9.17, 15) is 4.79 Å². The molecule has 0 aromatic carbocycles. The molecule has 1 aromatic rings. The van der Waals surface area contributed by atoms with Crippen molar-refractivity contribution in [3.63, 3.8) is 0 Å². The van der Waals surface area contributed by atoms with Gasteiger partial charge in [0.05, 0.1) is 22.4 Å². The lowest BCUT2D eigenvalue weighted by Crippen LogP contribution is -1.91. The van der Waals surface area contributed by atoms with Crippen molar-refractivity contribution in [3.8, 4) is 6.07 Å². The number of thiophene rings is 1. The Hall–Kier alpha value is -0.850. The summed E-state index contributed by atoms with van der Waals surface area (Å²) in [7, 11) is 0. The van der Waals surface area contributed by atoms with Crippen LogP contribution in [0.15, 0.2) is 11.4 Å². The summed E-state index contributed by atoms with van der Waals surface area (Å²) < 4.78 is 0. The molecule has 0 atom stereocenters. The molecule has 0 unspecified atom stereocenters. The van der Waals surface area contributed by atoms with E-state index < -0.39 is 0 Å². The van der Waals surface area contributed by atoms with E-state index in [1.54, 1.807) is 17.5 Å². The molecule has 0 spiro atoms. The second kappa shape index (κ2) is 3.51. The van der Waals surface area contributed by atoms with Gasteiger partial charge in [-0.2, -0.15) is 5.26 Å². The van der Waals surface area contributed by atoms with Crippen molar-refractivity contribution in [1.29, 1.82) is 5.26 Å². The van der Waals surface area contributed by atoms with Crippen LogP contribution >= 0.6 is 22.9 Å². The van der Waals surface area contributed by atoms with Crippen LogP contribution in [-0.4, -0.2) is 5.78 Å². The van der Waals surface area contributed by atoms with E-state index in [0.29, 0.717) is 9.90 Å². The lowest BCUT2D eigenvalue weighted by Gasteiger charge is -1.85. The minimum Gasteiger partial charge on any atom is -0.292 e. The number of nitriles is 1. The largest absolute Gasteiger partial charge is 0.292 e. The molecule has 0 amide bonds. The molecule has 2 nitrogen and oxygen atoms in total. The molecule has 0 aliphatic carbocycles. The predicted molar refractivity (Wildman–Crippen MR) is 43.9 cm³/mol. The van der Waals surface area contributed by atoms with Gasteiger partial charge in [-0.05, 0) is 6.07 Å². The Kier molecular flexibility index (Phi) is 2.64. The highest BCUT2D eigenvalue weighted by Crippen LogP contribution is 2.19.